The molecule has 0 radical (unpaired) electrons. The van der Waals surface area contributed by atoms with Gasteiger partial charge in [-0.05, 0) is 36.4 Å². The monoisotopic (exact) mass is 402 g/mol. The van der Waals surface area contributed by atoms with E-state index in [-0.39, 0.29) is 22.7 Å². The van der Waals surface area contributed by atoms with Crippen LogP contribution in [0.3, 0.4) is 0 Å². The van der Waals surface area contributed by atoms with Crippen molar-refractivity contribution >= 4 is 17.5 Å². The third-order valence-electron chi connectivity index (χ3n) is 3.57. The summed E-state index contributed by atoms with van der Waals surface area (Å²) in [6.45, 7) is -0.496. The summed E-state index contributed by atoms with van der Waals surface area (Å²) in [5.74, 6) is -1.91. The molecule has 0 bridgehead atoms. The van der Waals surface area contributed by atoms with Crippen LogP contribution < -0.4 is 20.1 Å². The van der Waals surface area contributed by atoms with Gasteiger partial charge < -0.3 is 20.1 Å². The zero-order valence-electron chi connectivity index (χ0n) is 13.8. The summed E-state index contributed by atoms with van der Waals surface area (Å²) in [7, 11) is 0. The Kier molecular flexibility index (Phi) is 4.84. The normalized spacial score (nSPS) is 14.5. The molecule has 2 aromatic carbocycles. The van der Waals surface area contributed by atoms with Crippen LogP contribution in [0.1, 0.15) is 15.9 Å². The zero-order valence-corrected chi connectivity index (χ0v) is 13.8. The molecule has 2 aromatic rings. The number of amides is 2. The number of fused-ring (bicyclic) bond motifs is 1. The molecule has 1 aliphatic heterocycles. The Hall–Kier alpha value is -3.37. The lowest BCUT2D eigenvalue weighted by atomic mass is 10.1. The van der Waals surface area contributed by atoms with Crippen LogP contribution in [0, 0.1) is 0 Å². The van der Waals surface area contributed by atoms with Gasteiger partial charge in [0.05, 0.1) is 12.1 Å². The van der Waals surface area contributed by atoms with E-state index >= 15 is 0 Å². The predicted molar refractivity (Wildman–Crippen MR) is 85.1 cm³/mol. The van der Waals surface area contributed by atoms with Crippen molar-refractivity contribution in [1.29, 1.82) is 0 Å². The van der Waals surface area contributed by atoms with Crippen molar-refractivity contribution in [2.24, 2.45) is 0 Å². The fourth-order valence-corrected chi connectivity index (χ4v) is 2.31. The largest absolute Gasteiger partial charge is 0.586 e. The molecule has 0 spiro atoms. The van der Waals surface area contributed by atoms with E-state index in [0.29, 0.717) is 0 Å². The first-order valence-electron chi connectivity index (χ1n) is 7.69. The number of hydrogen-bond donors (Lipinski definition) is 2. The van der Waals surface area contributed by atoms with E-state index in [0.717, 1.165) is 30.3 Å². The Bertz CT molecular complexity index is 913. The Labute approximate surface area is 154 Å². The maximum atomic E-state index is 13.0. The van der Waals surface area contributed by atoms with Crippen molar-refractivity contribution < 1.29 is 41.0 Å². The fraction of sp³-hybridized carbons (Fsp3) is 0.176. The highest BCUT2D eigenvalue weighted by Crippen LogP contribution is 2.42. The molecule has 148 valence electrons. The van der Waals surface area contributed by atoms with Crippen LogP contribution in [0.25, 0.3) is 0 Å². The molecule has 2 N–H and O–H groups in total. The number of halogens is 5. The second-order valence-corrected chi connectivity index (χ2v) is 5.63. The number of ether oxygens (including phenoxy) is 2. The van der Waals surface area contributed by atoms with Crippen LogP contribution in [-0.2, 0) is 11.0 Å². The molecule has 6 nitrogen and oxygen atoms in total. The molecule has 1 aliphatic rings. The van der Waals surface area contributed by atoms with Crippen molar-refractivity contribution in [3.8, 4) is 11.5 Å². The Morgan fingerprint density at radius 1 is 0.964 bits per heavy atom. The number of nitrogens with one attached hydrogen (secondary N) is 2. The minimum Gasteiger partial charge on any atom is -0.395 e. The molecule has 0 unspecified atom stereocenters. The molecule has 28 heavy (non-hydrogen) atoms. The third-order valence-corrected chi connectivity index (χ3v) is 3.57. The average molecular weight is 402 g/mol. The van der Waals surface area contributed by atoms with Crippen LogP contribution in [0.5, 0.6) is 11.5 Å². The van der Waals surface area contributed by atoms with Gasteiger partial charge in [0.1, 0.15) is 0 Å². The number of alkyl halides is 5. The second kappa shape index (κ2) is 6.98. The van der Waals surface area contributed by atoms with Crippen LogP contribution in [-0.4, -0.2) is 24.7 Å². The van der Waals surface area contributed by atoms with E-state index < -0.39 is 36.4 Å². The van der Waals surface area contributed by atoms with Gasteiger partial charge in [-0.25, -0.2) is 0 Å². The van der Waals surface area contributed by atoms with Crippen molar-refractivity contribution in [3.63, 3.8) is 0 Å². The first kappa shape index (κ1) is 19.4. The average Bonchev–Trinajstić information content (AvgIpc) is 2.92. The van der Waals surface area contributed by atoms with Crippen molar-refractivity contribution in [1.82, 2.24) is 5.32 Å². The molecule has 2 amide bonds. The molecule has 1 heterocycles. The SMILES string of the molecule is O=C(CNC(=O)c1ccc(C(F)(F)F)cc1)Nc1ccc2c(c1)OC(F)(F)O2. The van der Waals surface area contributed by atoms with Gasteiger partial charge in [-0.1, -0.05) is 0 Å². The predicted octanol–water partition coefficient (Wildman–Crippen LogP) is 3.40. The Balaban J connectivity index is 1.54. The Morgan fingerprint density at radius 3 is 2.25 bits per heavy atom. The summed E-state index contributed by atoms with van der Waals surface area (Å²) in [5.41, 5.74) is -0.852. The van der Waals surface area contributed by atoms with E-state index in [1.54, 1.807) is 0 Å². The molecular weight excluding hydrogens is 391 g/mol. The van der Waals surface area contributed by atoms with Crippen molar-refractivity contribution in [2.45, 2.75) is 12.5 Å². The van der Waals surface area contributed by atoms with E-state index in [4.69, 9.17) is 0 Å². The van der Waals surface area contributed by atoms with Crippen LogP contribution in [0.15, 0.2) is 42.5 Å². The summed E-state index contributed by atoms with van der Waals surface area (Å²) in [4.78, 5) is 23.8. The summed E-state index contributed by atoms with van der Waals surface area (Å²) >= 11 is 0. The van der Waals surface area contributed by atoms with Crippen LogP contribution >= 0.6 is 0 Å². The molecule has 0 atom stereocenters. The number of rotatable bonds is 4. The highest BCUT2D eigenvalue weighted by Gasteiger charge is 2.43. The highest BCUT2D eigenvalue weighted by molar-refractivity contribution is 5.99. The standard InChI is InChI=1S/C17H11F5N2O4/c18-16(19,20)10-3-1-9(2-4-10)15(26)23-8-14(25)24-11-5-6-12-13(7-11)28-17(21,22)27-12/h1-7H,8H2,(H,23,26)(H,24,25). The first-order chi connectivity index (χ1) is 13.0. The summed E-state index contributed by atoms with van der Waals surface area (Å²) < 4.78 is 71.9. The van der Waals surface area contributed by atoms with Gasteiger partial charge in [-0.2, -0.15) is 13.2 Å². The fourth-order valence-electron chi connectivity index (χ4n) is 2.31. The highest BCUT2D eigenvalue weighted by atomic mass is 19.4. The number of anilines is 1. The van der Waals surface area contributed by atoms with Crippen LogP contribution in [0.4, 0.5) is 27.6 Å². The summed E-state index contributed by atoms with van der Waals surface area (Å²) in [5, 5.41) is 4.59. The number of hydrogen-bond acceptors (Lipinski definition) is 4. The quantitative estimate of drug-likeness (QED) is 0.769. The molecule has 0 saturated carbocycles. The van der Waals surface area contributed by atoms with Crippen molar-refractivity contribution in [3.05, 3.63) is 53.6 Å². The lowest BCUT2D eigenvalue weighted by Crippen LogP contribution is -2.32. The molecule has 0 aliphatic carbocycles. The van der Waals surface area contributed by atoms with E-state index in [2.05, 4.69) is 20.1 Å². The summed E-state index contributed by atoms with van der Waals surface area (Å²) in [6, 6.07) is 7.04. The van der Waals surface area contributed by atoms with Gasteiger partial charge in [0.25, 0.3) is 5.91 Å². The van der Waals surface area contributed by atoms with E-state index in [1.165, 1.54) is 12.1 Å². The molecule has 0 saturated heterocycles. The molecule has 0 aromatic heterocycles. The minimum absolute atomic E-state index is 0.0638. The van der Waals surface area contributed by atoms with Gasteiger partial charge in [-0.3, -0.25) is 9.59 Å². The lowest BCUT2D eigenvalue weighted by Gasteiger charge is -2.09. The third kappa shape index (κ3) is 4.48. The molecular formula is C17H11F5N2O4. The maximum absolute atomic E-state index is 13.0. The first-order valence-corrected chi connectivity index (χ1v) is 7.69. The van der Waals surface area contributed by atoms with Gasteiger partial charge in [0.15, 0.2) is 11.5 Å². The van der Waals surface area contributed by atoms with E-state index in [9.17, 15) is 31.5 Å². The number of carbonyl (C=O) groups excluding carboxylic acids is 2. The lowest BCUT2D eigenvalue weighted by molar-refractivity contribution is -0.286. The Morgan fingerprint density at radius 2 is 1.61 bits per heavy atom. The van der Waals surface area contributed by atoms with Crippen LogP contribution in [0.2, 0.25) is 0 Å². The maximum Gasteiger partial charge on any atom is 0.586 e. The minimum atomic E-state index is -4.52. The topological polar surface area (TPSA) is 76.7 Å². The van der Waals surface area contributed by atoms with Gasteiger partial charge in [-0.15, -0.1) is 8.78 Å². The number of benzene rings is 2. The van der Waals surface area contributed by atoms with Crippen molar-refractivity contribution in [2.75, 3.05) is 11.9 Å². The second-order valence-electron chi connectivity index (χ2n) is 5.63. The molecule has 0 fully saturated rings. The molecule has 3 rings (SSSR count). The smallest absolute Gasteiger partial charge is 0.395 e. The van der Waals surface area contributed by atoms with E-state index in [1.807, 2.05) is 0 Å². The van der Waals surface area contributed by atoms with Gasteiger partial charge in [0, 0.05) is 17.3 Å². The van der Waals surface area contributed by atoms with Gasteiger partial charge >= 0.3 is 12.5 Å². The number of carbonyl (C=O) groups is 2. The molecule has 11 heteroatoms. The summed E-state index contributed by atoms with van der Waals surface area (Å²) in [6.07, 6.45) is -8.32. The zero-order chi connectivity index (χ0) is 20.5. The van der Waals surface area contributed by atoms with Gasteiger partial charge in [0.2, 0.25) is 5.91 Å².